The molecule has 0 saturated heterocycles. The van der Waals surface area contributed by atoms with Crippen LogP contribution in [0.1, 0.15) is 0 Å². The molecule has 0 aromatic rings. The van der Waals surface area contributed by atoms with E-state index in [1.165, 1.54) is 0 Å². The maximum Gasteiger partial charge on any atom is 0.329 e. The van der Waals surface area contributed by atoms with Crippen molar-refractivity contribution in [3.05, 3.63) is 12.7 Å². The first-order valence-electron chi connectivity index (χ1n) is 2.59. The molecule has 52 valence electrons. The molecule has 0 N–H and O–H groups in total. The molecule has 3 nitrogen and oxygen atoms in total. The molecule has 0 heterocycles. The predicted molar refractivity (Wildman–Crippen MR) is 40.7 cm³/mol. The number of hydrogen-bond acceptors (Lipinski definition) is 3. The molecule has 0 aliphatic carbocycles. The zero-order valence-electron chi connectivity index (χ0n) is 5.42. The van der Waals surface area contributed by atoms with Gasteiger partial charge in [0.1, 0.15) is 16.7 Å². The SMILES string of the molecule is C=CC(=O)OC[SiH2]O[SiH3]. The van der Waals surface area contributed by atoms with E-state index in [0.717, 1.165) is 16.6 Å². The van der Waals surface area contributed by atoms with Gasteiger partial charge >= 0.3 is 5.97 Å². The summed E-state index contributed by atoms with van der Waals surface area (Å²) in [5.74, 6) is -0.360. The normalized spacial score (nSPS) is 10.2. The van der Waals surface area contributed by atoms with Gasteiger partial charge in [0, 0.05) is 6.08 Å². The molecular formula is C4H10O3Si2. The van der Waals surface area contributed by atoms with Crippen molar-refractivity contribution in [3.63, 3.8) is 0 Å². The van der Waals surface area contributed by atoms with E-state index in [4.69, 9.17) is 4.12 Å². The van der Waals surface area contributed by atoms with Gasteiger partial charge in [0.2, 0.25) is 0 Å². The van der Waals surface area contributed by atoms with Crippen LogP contribution >= 0.6 is 0 Å². The highest BCUT2D eigenvalue weighted by Crippen LogP contribution is 1.76. The lowest BCUT2D eigenvalue weighted by Crippen LogP contribution is -2.10. The lowest BCUT2D eigenvalue weighted by molar-refractivity contribution is -0.135. The van der Waals surface area contributed by atoms with Gasteiger partial charge in [0.15, 0.2) is 9.76 Å². The summed E-state index contributed by atoms with van der Waals surface area (Å²) >= 11 is 0. The monoisotopic (exact) mass is 162 g/mol. The van der Waals surface area contributed by atoms with Crippen molar-refractivity contribution in [1.29, 1.82) is 0 Å². The molecule has 0 aromatic carbocycles. The second-order valence-corrected chi connectivity index (χ2v) is 4.49. The minimum Gasteiger partial charge on any atom is -0.466 e. The van der Waals surface area contributed by atoms with Crippen LogP contribution in [-0.2, 0) is 13.6 Å². The van der Waals surface area contributed by atoms with Gasteiger partial charge in [-0.15, -0.1) is 0 Å². The topological polar surface area (TPSA) is 35.5 Å². The maximum absolute atomic E-state index is 10.3. The van der Waals surface area contributed by atoms with E-state index in [1.54, 1.807) is 0 Å². The largest absolute Gasteiger partial charge is 0.466 e. The number of carbonyl (C=O) groups excluding carboxylic acids is 1. The highest BCUT2D eigenvalue weighted by molar-refractivity contribution is 6.34. The zero-order chi connectivity index (χ0) is 7.11. The molecule has 0 fully saturated rings. The van der Waals surface area contributed by atoms with Crippen molar-refractivity contribution in [2.24, 2.45) is 0 Å². The fraction of sp³-hybridized carbons (Fsp3) is 0.250. The van der Waals surface area contributed by atoms with Crippen molar-refractivity contribution in [2.75, 3.05) is 6.23 Å². The molecule has 0 aliphatic rings. The lowest BCUT2D eigenvalue weighted by Gasteiger charge is -1.97. The Hall–Kier alpha value is -0.396. The van der Waals surface area contributed by atoms with E-state index in [0.29, 0.717) is 6.23 Å². The standard InChI is InChI=1S/C4H10O3Si2/c1-2-4(5)6-3-9-7-8/h2H,1,3,9H2,8H3. The Balaban J connectivity index is 3.07. The van der Waals surface area contributed by atoms with Gasteiger partial charge in [-0.25, -0.2) is 4.79 Å². The average Bonchev–Trinajstić information content (AvgIpc) is 1.89. The number of carbonyl (C=O) groups is 1. The molecule has 0 aliphatic heterocycles. The minimum atomic E-state index is -0.560. The van der Waals surface area contributed by atoms with E-state index >= 15 is 0 Å². The molecule has 0 bridgehead atoms. The average molecular weight is 162 g/mol. The summed E-state index contributed by atoms with van der Waals surface area (Å²) in [7, 11) is 0.186. The highest BCUT2D eigenvalue weighted by Gasteiger charge is 1.92. The highest BCUT2D eigenvalue weighted by atomic mass is 28.3. The summed E-state index contributed by atoms with van der Waals surface area (Å²) in [5.41, 5.74) is 0. The second kappa shape index (κ2) is 5.74. The van der Waals surface area contributed by atoms with Crippen molar-refractivity contribution in [1.82, 2.24) is 0 Å². The Morgan fingerprint density at radius 3 is 3.00 bits per heavy atom. The molecule has 9 heavy (non-hydrogen) atoms. The second-order valence-electron chi connectivity index (χ2n) is 1.36. The van der Waals surface area contributed by atoms with Gasteiger partial charge in [-0.3, -0.25) is 0 Å². The first-order chi connectivity index (χ1) is 4.31. The van der Waals surface area contributed by atoms with Gasteiger partial charge in [-0.2, -0.15) is 0 Å². The summed E-state index contributed by atoms with van der Waals surface area (Å²) in [6, 6.07) is 0. The number of ether oxygens (including phenoxy) is 1. The van der Waals surface area contributed by atoms with Gasteiger partial charge < -0.3 is 8.85 Å². The van der Waals surface area contributed by atoms with Crippen molar-refractivity contribution in [3.8, 4) is 0 Å². The summed E-state index contributed by atoms with van der Waals surface area (Å²) in [4.78, 5) is 10.3. The van der Waals surface area contributed by atoms with Crippen LogP contribution in [0, 0.1) is 0 Å². The van der Waals surface area contributed by atoms with Crippen LogP contribution in [0.2, 0.25) is 0 Å². The Labute approximate surface area is 59.5 Å². The third-order valence-corrected chi connectivity index (χ3v) is 2.70. The van der Waals surface area contributed by atoms with Gasteiger partial charge in [0.25, 0.3) is 0 Å². The van der Waals surface area contributed by atoms with Crippen LogP contribution in [0.5, 0.6) is 0 Å². The minimum absolute atomic E-state index is 0.360. The molecule has 0 unspecified atom stereocenters. The molecule has 0 saturated carbocycles. The number of rotatable bonds is 4. The molecular weight excluding hydrogens is 152 g/mol. The molecule has 0 spiro atoms. The van der Waals surface area contributed by atoms with Crippen LogP contribution in [0.3, 0.4) is 0 Å². The fourth-order valence-corrected chi connectivity index (χ4v) is 1.24. The fourth-order valence-electron chi connectivity index (χ4n) is 0.285. The van der Waals surface area contributed by atoms with Crippen molar-refractivity contribution in [2.45, 2.75) is 0 Å². The molecule has 0 aromatic heterocycles. The third-order valence-electron chi connectivity index (χ3n) is 0.698. The Morgan fingerprint density at radius 1 is 1.89 bits per heavy atom. The Kier molecular flexibility index (Phi) is 5.48. The maximum atomic E-state index is 10.3. The van der Waals surface area contributed by atoms with E-state index in [2.05, 4.69) is 11.3 Å². The summed E-state index contributed by atoms with van der Waals surface area (Å²) in [6.45, 7) is 3.25. The van der Waals surface area contributed by atoms with E-state index in [9.17, 15) is 4.79 Å². The molecule has 0 radical (unpaired) electrons. The molecule has 0 rings (SSSR count). The summed E-state index contributed by atoms with van der Waals surface area (Å²) in [5, 5.41) is 0. The lowest BCUT2D eigenvalue weighted by atomic mass is 10.7. The predicted octanol–water partition coefficient (Wildman–Crippen LogP) is -1.95. The summed E-state index contributed by atoms with van der Waals surface area (Å²) in [6.07, 6.45) is 1.62. The summed E-state index contributed by atoms with van der Waals surface area (Å²) < 4.78 is 9.54. The van der Waals surface area contributed by atoms with Crippen molar-refractivity contribution < 1.29 is 13.6 Å². The quantitative estimate of drug-likeness (QED) is 0.209. The molecule has 5 heteroatoms. The van der Waals surface area contributed by atoms with Crippen LogP contribution in [0.4, 0.5) is 0 Å². The van der Waals surface area contributed by atoms with Gasteiger partial charge in [-0.1, -0.05) is 6.58 Å². The van der Waals surface area contributed by atoms with E-state index in [-0.39, 0.29) is 5.97 Å². The number of hydrogen-bond donors (Lipinski definition) is 0. The van der Waals surface area contributed by atoms with Crippen LogP contribution in [-0.4, -0.2) is 32.4 Å². The van der Waals surface area contributed by atoms with Gasteiger partial charge in [-0.05, 0) is 0 Å². The smallest absolute Gasteiger partial charge is 0.329 e. The first-order valence-corrected chi connectivity index (χ1v) is 4.98. The van der Waals surface area contributed by atoms with Gasteiger partial charge in [0.05, 0.1) is 0 Å². The Morgan fingerprint density at radius 2 is 2.56 bits per heavy atom. The first kappa shape index (κ1) is 8.60. The molecule has 0 atom stereocenters. The molecule has 0 amide bonds. The Bertz CT molecular complexity index is 104. The van der Waals surface area contributed by atoms with E-state index in [1.807, 2.05) is 0 Å². The van der Waals surface area contributed by atoms with E-state index < -0.39 is 9.76 Å². The third kappa shape index (κ3) is 5.48. The van der Waals surface area contributed by atoms with Crippen LogP contribution in [0.15, 0.2) is 12.7 Å². The van der Waals surface area contributed by atoms with Crippen molar-refractivity contribution >= 4 is 26.2 Å². The number of esters is 1. The zero-order valence-corrected chi connectivity index (χ0v) is 8.84. The van der Waals surface area contributed by atoms with Crippen LogP contribution in [0.25, 0.3) is 0 Å². The van der Waals surface area contributed by atoms with Crippen LogP contribution < -0.4 is 0 Å².